The van der Waals surface area contributed by atoms with Gasteiger partial charge < -0.3 is 10.4 Å². The minimum absolute atomic E-state index is 0. The number of piperidine rings is 3. The second-order valence-electron chi connectivity index (χ2n) is 20.9. The van der Waals surface area contributed by atoms with Crippen molar-refractivity contribution in [1.82, 2.24) is 39.3 Å². The number of para-hydroxylation sites is 2. The number of rotatable bonds is 0. The molecule has 4 aromatic carbocycles. The maximum absolute atomic E-state index is 10.6. The maximum Gasteiger partial charge on any atom is 1.00 e. The highest BCUT2D eigenvalue weighted by Gasteiger charge is 2.25. The van der Waals surface area contributed by atoms with E-state index in [9.17, 15) is 9.90 Å². The number of nitrogens with zero attached hydrogens (tertiary/aromatic N) is 8. The fraction of sp³-hybridized carbons (Fsp3) is 0.597. The van der Waals surface area contributed by atoms with Crippen molar-refractivity contribution in [3.05, 3.63) is 142 Å². The van der Waals surface area contributed by atoms with Crippen LogP contribution in [0.4, 0.5) is 0 Å². The molecule has 3 saturated heterocycles. The summed E-state index contributed by atoms with van der Waals surface area (Å²) in [4.78, 5) is 19.5. The van der Waals surface area contributed by atoms with Crippen LogP contribution in [0.3, 0.4) is 0 Å². The molecule has 2 aromatic heterocycles. The fourth-order valence-corrected chi connectivity index (χ4v) is 10.0. The first-order chi connectivity index (χ1) is 44.8. The summed E-state index contributed by atoms with van der Waals surface area (Å²) in [6, 6.07) is 33.9. The first kappa shape index (κ1) is 97.8. The molecule has 0 aliphatic carbocycles. The molecule has 0 radical (unpaired) electrons. The number of aliphatic hydroxyl groups is 1. The van der Waals surface area contributed by atoms with Gasteiger partial charge >= 0.3 is 1.43 Å². The Morgan fingerprint density at radius 1 is 0.559 bits per heavy atom. The zero-order chi connectivity index (χ0) is 72.5. The van der Waals surface area contributed by atoms with E-state index < -0.39 is 5.60 Å². The third kappa shape index (κ3) is 41.8. The SMILES string of the molecule is CBr.CC.CC.CC.CC.CC.CC.CC.CC.CC1(O)CCN(P)CC1.CC1=CCN(P)CC1.CC1=NC(C)c2ccccc21.CC1=NC(C)c2ccccc21.CC1CCNCC1.Cc1[nH]nc2ccccc12.Cc1nn(C)c2ccccc12.O=C1CCN(P)CC1.[H+]. The third-order valence-corrected chi connectivity index (χ3v) is 15.8. The second kappa shape index (κ2) is 62.9. The predicted octanol–water partition coefficient (Wildman–Crippen LogP) is 21.7. The summed E-state index contributed by atoms with van der Waals surface area (Å²) in [5, 5.41) is 26.6. The van der Waals surface area contributed by atoms with Crippen LogP contribution in [0.25, 0.3) is 21.8 Å². The Labute approximate surface area is 589 Å². The van der Waals surface area contributed by atoms with Gasteiger partial charge in [0.1, 0.15) is 5.78 Å². The van der Waals surface area contributed by atoms with Crippen molar-refractivity contribution in [1.29, 1.82) is 0 Å². The number of ketones is 1. The van der Waals surface area contributed by atoms with Crippen molar-refractivity contribution < 1.29 is 11.3 Å². The first-order valence-corrected chi connectivity index (χ1v) is 38.5. The van der Waals surface area contributed by atoms with Crippen molar-refractivity contribution in [2.45, 2.75) is 236 Å². The number of carbonyl (C=O) groups is 1. The Bertz CT molecular complexity index is 2690. The standard InChI is InChI=1S/2C10H11N.C9H10N2.C8H8N2.C6H14NOP.C6H12NP.C6H13N.C5H10NOP.8C2H6.CH3Br/c2*1-7-9-5-3-4-6-10(9)8(2)11-7;1-7-8-5-3-4-6-9(8)11(2)10-7;1-6-7-4-2-3-5-8(7)10-9-6;1-6(8)2-4-7(9)5-3-6;1-6-2-4-7(8)5-3-6;1-6-2-4-7-5-3-6;7-5-1-3-6(8)4-2-5;9*1-2/h2*3-7H,1-2H3;3-6H,1-2H3;2-5H,1H3,(H,9,10);8H,2-5,9H2,1H3;2H,3-5,8H2,1H3;6-7H,2-5H2,1H3;1-4,8H2;8*1-2H3;1H3/p+1. The number of fused-ring (bicyclic) bond motifs is 4. The molecule has 3 fully saturated rings. The molecule has 0 amide bonds. The number of halogens is 1. The number of benzene rings is 4. The van der Waals surface area contributed by atoms with Gasteiger partial charge in [-0.05, 0) is 136 Å². The fourth-order valence-electron chi connectivity index (χ4n) is 9.26. The Morgan fingerprint density at radius 2 is 0.957 bits per heavy atom. The Morgan fingerprint density at radius 3 is 1.32 bits per heavy atom. The third-order valence-electron chi connectivity index (χ3n) is 14.3. The number of aromatic amines is 1. The number of carbonyl (C=O) groups excluding carboxylic acids is 1. The molecule has 5 unspecified atom stereocenters. The lowest BCUT2D eigenvalue weighted by atomic mass is 9.95. The summed E-state index contributed by atoms with van der Waals surface area (Å²) in [5.41, 5.74) is 13.3. The van der Waals surface area contributed by atoms with Gasteiger partial charge in [0, 0.05) is 98.2 Å². The quantitative estimate of drug-likeness (QED) is 0.0779. The molecule has 0 bridgehead atoms. The summed E-state index contributed by atoms with van der Waals surface area (Å²) in [6.45, 7) is 59.5. The minimum atomic E-state index is -0.396. The first-order valence-electron chi connectivity index (χ1n) is 35.3. The maximum atomic E-state index is 10.6. The number of nitrogens with one attached hydrogen (secondary N) is 2. The summed E-state index contributed by atoms with van der Waals surface area (Å²) in [7, 11) is 9.94. The Hall–Kier alpha value is -3.86. The van der Waals surface area contributed by atoms with Gasteiger partial charge in [-0.15, -0.1) is 0 Å². The lowest BCUT2D eigenvalue weighted by Crippen LogP contribution is -2.37. The smallest absolute Gasteiger partial charge is 0.390 e. The van der Waals surface area contributed by atoms with Crippen LogP contribution in [0.15, 0.2) is 119 Å². The predicted molar refractivity (Wildman–Crippen MR) is 435 cm³/mol. The molecule has 0 spiro atoms. The van der Waals surface area contributed by atoms with E-state index in [-0.39, 0.29) is 1.43 Å². The van der Waals surface area contributed by atoms with E-state index in [4.69, 9.17) is 0 Å². The molecule has 5 atom stereocenters. The molecule has 12 rings (SSSR count). The van der Waals surface area contributed by atoms with E-state index in [1.165, 1.54) is 94.4 Å². The number of Topliss-reactive ketones (excluding diaryl/α,β-unsaturated/α-hetero) is 1. The number of aliphatic imine (C=N–C) groups is 2. The molecule has 6 aliphatic rings. The van der Waals surface area contributed by atoms with Crippen LogP contribution in [0.5, 0.6) is 0 Å². The zero-order valence-corrected chi connectivity index (χ0v) is 69.2. The number of aromatic nitrogens is 4. The lowest BCUT2D eigenvalue weighted by Gasteiger charge is -2.33. The lowest BCUT2D eigenvalue weighted by molar-refractivity contribution is -0.120. The Balaban J connectivity index is -0.000000228. The summed E-state index contributed by atoms with van der Waals surface area (Å²) < 4.78 is 8.41. The number of hydrogen-bond acceptors (Lipinski definition) is 10. The number of aryl methyl sites for hydroxylation is 3. The average Bonchev–Trinajstić information content (AvgIpc) is 1.72. The van der Waals surface area contributed by atoms with Gasteiger partial charge in [-0.25, -0.2) is 0 Å². The molecule has 16 heteroatoms. The molecular weight excluding hydrogens is 1270 g/mol. The highest BCUT2D eigenvalue weighted by molar-refractivity contribution is 9.08. The molecule has 6 aliphatic heterocycles. The minimum Gasteiger partial charge on any atom is -0.390 e. The molecule has 93 heavy (non-hydrogen) atoms. The van der Waals surface area contributed by atoms with Gasteiger partial charge in [-0.1, -0.05) is 258 Å². The van der Waals surface area contributed by atoms with E-state index in [1.54, 1.807) is 0 Å². The zero-order valence-electron chi connectivity index (χ0n) is 65.2. The summed E-state index contributed by atoms with van der Waals surface area (Å²) in [6.07, 6.45) is 9.54. The van der Waals surface area contributed by atoms with Crippen LogP contribution in [0.2, 0.25) is 0 Å². The Kier molecular flexibility index (Phi) is 66.2. The van der Waals surface area contributed by atoms with Gasteiger partial charge in [0.15, 0.2) is 0 Å². The number of alkyl halides is 1. The average molecular weight is 1410 g/mol. The van der Waals surface area contributed by atoms with Crippen molar-refractivity contribution in [2.75, 3.05) is 58.2 Å². The second-order valence-corrected chi connectivity index (χ2v) is 23.1. The molecule has 6 aromatic rings. The van der Waals surface area contributed by atoms with Crippen LogP contribution in [0, 0.1) is 19.8 Å². The van der Waals surface area contributed by atoms with Crippen LogP contribution < -0.4 is 5.32 Å². The van der Waals surface area contributed by atoms with Gasteiger partial charge in [0.2, 0.25) is 0 Å². The van der Waals surface area contributed by atoms with Crippen molar-refractivity contribution in [2.24, 2.45) is 23.0 Å². The van der Waals surface area contributed by atoms with Crippen LogP contribution >= 0.6 is 44.1 Å². The van der Waals surface area contributed by atoms with Crippen molar-refractivity contribution in [3.63, 3.8) is 0 Å². The number of hydrogen-bond donors (Lipinski definition) is 3. The molecular formula is C77H141BrN10O2P3+. The van der Waals surface area contributed by atoms with Gasteiger partial charge in [0.05, 0.1) is 34.4 Å². The van der Waals surface area contributed by atoms with E-state index in [0.29, 0.717) is 17.9 Å². The normalized spacial score (nSPS) is 16.7. The molecule has 12 nitrogen and oxygen atoms in total. The van der Waals surface area contributed by atoms with E-state index in [2.05, 4.69) is 203 Å². The van der Waals surface area contributed by atoms with Crippen molar-refractivity contribution >= 4 is 83.1 Å². The molecule has 8 heterocycles. The van der Waals surface area contributed by atoms with Crippen LogP contribution in [0.1, 0.15) is 251 Å². The summed E-state index contributed by atoms with van der Waals surface area (Å²) >= 11 is 2.94. The topological polar surface area (TPSA) is 130 Å². The van der Waals surface area contributed by atoms with Gasteiger partial charge in [-0.3, -0.25) is 38.6 Å². The molecule has 532 valence electrons. The molecule has 0 saturated carbocycles. The summed E-state index contributed by atoms with van der Waals surface area (Å²) in [5.74, 6) is 3.19. The van der Waals surface area contributed by atoms with E-state index in [0.717, 1.165) is 81.2 Å². The molecule has 3 N–H and O–H groups in total. The highest BCUT2D eigenvalue weighted by atomic mass is 79.9. The van der Waals surface area contributed by atoms with E-state index >= 15 is 0 Å². The van der Waals surface area contributed by atoms with Crippen molar-refractivity contribution in [3.8, 4) is 0 Å². The number of H-pyrrole nitrogens is 1. The van der Waals surface area contributed by atoms with Crippen LogP contribution in [-0.2, 0) is 11.8 Å². The largest absolute Gasteiger partial charge is 1.00 e. The van der Waals surface area contributed by atoms with E-state index in [1.807, 2.05) is 179 Å². The van der Waals surface area contributed by atoms with Gasteiger partial charge in [-0.2, -0.15) is 10.2 Å². The van der Waals surface area contributed by atoms with Gasteiger partial charge in [0.25, 0.3) is 0 Å². The monoisotopic (exact) mass is 1410 g/mol. The highest BCUT2D eigenvalue weighted by Crippen LogP contribution is 2.29. The van der Waals surface area contributed by atoms with Crippen LogP contribution in [-0.4, -0.2) is 120 Å².